The number of primary amides is 1. The largest absolute Gasteiger partial charge is 0.364 e. The van der Waals surface area contributed by atoms with Gasteiger partial charge in [-0.15, -0.1) is 0 Å². The third-order valence-electron chi connectivity index (χ3n) is 7.60. The molecule has 33 heavy (non-hydrogen) atoms. The topological polar surface area (TPSA) is 77.9 Å². The number of rotatable bonds is 5. The van der Waals surface area contributed by atoms with E-state index in [1.54, 1.807) is 10.7 Å². The van der Waals surface area contributed by atoms with E-state index < -0.39 is 5.91 Å². The Kier molecular flexibility index (Phi) is 4.84. The molecule has 1 amide bonds. The summed E-state index contributed by atoms with van der Waals surface area (Å²) in [6.07, 6.45) is 4.80. The molecule has 3 atom stereocenters. The standard InChI is InChI=1S/C27H29N5O/c1-17-10-25(27(28)33)30-32(17)24-6-7-26-20(13-24)8-9-31(26)16-18-2-4-19(5-3-18)21-11-22-14-29-15-23(22)12-21/h2-10,13,21-23,29H,11-12,14-16H2,1H3,(H2,28,33)/t21-,22-,23+. The minimum absolute atomic E-state index is 0.283. The number of benzene rings is 2. The fraction of sp³-hybridized carbons (Fsp3) is 0.333. The van der Waals surface area contributed by atoms with Crippen LogP contribution in [0, 0.1) is 18.8 Å². The molecule has 2 aliphatic rings. The molecule has 6 nitrogen and oxygen atoms in total. The van der Waals surface area contributed by atoms with Crippen LogP contribution in [0.3, 0.4) is 0 Å². The third-order valence-corrected chi connectivity index (χ3v) is 7.60. The lowest BCUT2D eigenvalue weighted by molar-refractivity contribution is 0.0995. The number of amides is 1. The van der Waals surface area contributed by atoms with E-state index in [0.29, 0.717) is 0 Å². The molecule has 168 valence electrons. The number of carbonyl (C=O) groups excluding carboxylic acids is 1. The molecule has 0 unspecified atom stereocenters. The number of hydrogen-bond donors (Lipinski definition) is 2. The number of nitrogens with zero attached hydrogens (tertiary/aromatic N) is 3. The average Bonchev–Trinajstić information content (AvgIpc) is 3.57. The lowest BCUT2D eigenvalue weighted by Gasteiger charge is -2.13. The number of carbonyl (C=O) groups is 1. The number of nitrogens with two attached hydrogens (primary N) is 1. The summed E-state index contributed by atoms with van der Waals surface area (Å²) in [4.78, 5) is 11.5. The van der Waals surface area contributed by atoms with Crippen molar-refractivity contribution in [3.05, 3.63) is 83.3 Å². The predicted octanol–water partition coefficient (Wildman–Crippen LogP) is 4.00. The molecule has 3 N–H and O–H groups in total. The molecule has 1 aliphatic heterocycles. The number of aryl methyl sites for hydroxylation is 1. The summed E-state index contributed by atoms with van der Waals surface area (Å²) in [5, 5.41) is 9.04. The highest BCUT2D eigenvalue weighted by Gasteiger charge is 2.37. The van der Waals surface area contributed by atoms with Crippen LogP contribution in [0.15, 0.2) is 60.8 Å². The van der Waals surface area contributed by atoms with Gasteiger partial charge in [0.05, 0.1) is 5.69 Å². The Morgan fingerprint density at radius 2 is 1.82 bits per heavy atom. The van der Waals surface area contributed by atoms with Crippen LogP contribution >= 0.6 is 0 Å². The lowest BCUT2D eigenvalue weighted by Crippen LogP contribution is -2.12. The van der Waals surface area contributed by atoms with Crippen molar-refractivity contribution >= 4 is 16.8 Å². The van der Waals surface area contributed by atoms with E-state index >= 15 is 0 Å². The number of aromatic nitrogens is 3. The minimum Gasteiger partial charge on any atom is -0.364 e. The van der Waals surface area contributed by atoms with Crippen molar-refractivity contribution in [1.82, 2.24) is 19.7 Å². The highest BCUT2D eigenvalue weighted by Crippen LogP contribution is 2.43. The molecule has 1 saturated heterocycles. The van der Waals surface area contributed by atoms with E-state index in [-0.39, 0.29) is 5.69 Å². The van der Waals surface area contributed by atoms with Gasteiger partial charge in [-0.2, -0.15) is 5.10 Å². The molecule has 1 aliphatic carbocycles. The molecule has 6 heteroatoms. The van der Waals surface area contributed by atoms with Gasteiger partial charge in [0.15, 0.2) is 5.69 Å². The predicted molar refractivity (Wildman–Crippen MR) is 130 cm³/mol. The smallest absolute Gasteiger partial charge is 0.269 e. The maximum absolute atomic E-state index is 11.5. The summed E-state index contributed by atoms with van der Waals surface area (Å²) in [7, 11) is 0. The van der Waals surface area contributed by atoms with Crippen molar-refractivity contribution in [3.63, 3.8) is 0 Å². The first-order chi connectivity index (χ1) is 16.0. The zero-order valence-corrected chi connectivity index (χ0v) is 18.9. The molecule has 1 saturated carbocycles. The van der Waals surface area contributed by atoms with E-state index in [2.05, 4.69) is 63.6 Å². The van der Waals surface area contributed by atoms with Gasteiger partial charge in [-0.3, -0.25) is 4.79 Å². The van der Waals surface area contributed by atoms with Crippen molar-refractivity contribution in [3.8, 4) is 5.69 Å². The van der Waals surface area contributed by atoms with Crippen molar-refractivity contribution < 1.29 is 4.79 Å². The first kappa shape index (κ1) is 20.2. The second-order valence-corrected chi connectivity index (χ2v) is 9.72. The molecule has 6 rings (SSSR count). The zero-order valence-electron chi connectivity index (χ0n) is 18.9. The first-order valence-corrected chi connectivity index (χ1v) is 11.8. The highest BCUT2D eigenvalue weighted by molar-refractivity contribution is 5.91. The second kappa shape index (κ2) is 7.89. The average molecular weight is 440 g/mol. The highest BCUT2D eigenvalue weighted by atomic mass is 16.1. The Bertz CT molecular complexity index is 1320. The van der Waals surface area contributed by atoms with Gasteiger partial charge in [0.25, 0.3) is 5.91 Å². The minimum atomic E-state index is -0.511. The van der Waals surface area contributed by atoms with Crippen LogP contribution < -0.4 is 11.1 Å². The molecule has 0 bridgehead atoms. The summed E-state index contributed by atoms with van der Waals surface area (Å²) < 4.78 is 4.05. The van der Waals surface area contributed by atoms with Gasteiger partial charge in [-0.1, -0.05) is 24.3 Å². The van der Waals surface area contributed by atoms with Gasteiger partial charge in [0, 0.05) is 29.3 Å². The molecule has 2 aromatic heterocycles. The van der Waals surface area contributed by atoms with Crippen LogP contribution in [0.1, 0.15) is 46.1 Å². The maximum atomic E-state index is 11.5. The molecule has 4 aromatic rings. The monoisotopic (exact) mass is 439 g/mol. The van der Waals surface area contributed by atoms with E-state index in [0.717, 1.165) is 41.1 Å². The van der Waals surface area contributed by atoms with E-state index in [9.17, 15) is 4.79 Å². The van der Waals surface area contributed by atoms with E-state index in [1.807, 2.05) is 13.0 Å². The second-order valence-electron chi connectivity index (χ2n) is 9.72. The Balaban J connectivity index is 1.20. The molecule has 0 radical (unpaired) electrons. The van der Waals surface area contributed by atoms with Gasteiger partial charge < -0.3 is 15.6 Å². The van der Waals surface area contributed by atoms with Crippen LogP contribution in [0.25, 0.3) is 16.6 Å². The van der Waals surface area contributed by atoms with Crippen LogP contribution in [0.2, 0.25) is 0 Å². The summed E-state index contributed by atoms with van der Waals surface area (Å²) in [6.45, 7) is 5.17. The van der Waals surface area contributed by atoms with Crippen molar-refractivity contribution in [1.29, 1.82) is 0 Å². The molecule has 2 fully saturated rings. The van der Waals surface area contributed by atoms with Crippen molar-refractivity contribution in [2.75, 3.05) is 13.1 Å². The molecular weight excluding hydrogens is 410 g/mol. The SMILES string of the molecule is Cc1cc(C(N)=O)nn1-c1ccc2c(ccn2Cc2ccc([C@H]3C[C@H]4CNC[C@H]4C3)cc2)c1. The maximum Gasteiger partial charge on any atom is 0.269 e. The van der Waals surface area contributed by atoms with Gasteiger partial charge in [-0.05, 0) is 92.1 Å². The van der Waals surface area contributed by atoms with Gasteiger partial charge in [0.2, 0.25) is 0 Å². The Morgan fingerprint density at radius 1 is 1.06 bits per heavy atom. The van der Waals surface area contributed by atoms with Crippen LogP contribution in [-0.2, 0) is 6.54 Å². The van der Waals surface area contributed by atoms with E-state index in [1.165, 1.54) is 42.6 Å². The zero-order chi connectivity index (χ0) is 22.5. The number of nitrogens with one attached hydrogen (secondary N) is 1. The van der Waals surface area contributed by atoms with Gasteiger partial charge >= 0.3 is 0 Å². The molecule has 0 spiro atoms. The Labute approximate surface area is 193 Å². The Hall–Kier alpha value is -3.38. The van der Waals surface area contributed by atoms with E-state index in [4.69, 9.17) is 5.73 Å². The molecule has 2 aromatic carbocycles. The normalized spacial score (nSPS) is 22.2. The summed E-state index contributed by atoms with van der Waals surface area (Å²) in [5.74, 6) is 1.96. The molecular formula is C27H29N5O. The fourth-order valence-electron chi connectivity index (χ4n) is 5.84. The molecule has 3 heterocycles. The Morgan fingerprint density at radius 3 is 2.52 bits per heavy atom. The van der Waals surface area contributed by atoms with Crippen LogP contribution in [0.4, 0.5) is 0 Å². The number of hydrogen-bond acceptors (Lipinski definition) is 3. The summed E-state index contributed by atoms with van der Waals surface area (Å²) in [6, 6.07) is 19.4. The first-order valence-electron chi connectivity index (χ1n) is 11.8. The van der Waals surface area contributed by atoms with Crippen LogP contribution in [0.5, 0.6) is 0 Å². The van der Waals surface area contributed by atoms with Crippen molar-refractivity contribution in [2.45, 2.75) is 32.2 Å². The van der Waals surface area contributed by atoms with Crippen LogP contribution in [-0.4, -0.2) is 33.3 Å². The third kappa shape index (κ3) is 3.64. The summed E-state index contributed by atoms with van der Waals surface area (Å²) in [5.41, 5.74) is 11.5. The quantitative estimate of drug-likeness (QED) is 0.493. The van der Waals surface area contributed by atoms with Gasteiger partial charge in [0.1, 0.15) is 0 Å². The summed E-state index contributed by atoms with van der Waals surface area (Å²) >= 11 is 0. The van der Waals surface area contributed by atoms with Crippen molar-refractivity contribution in [2.24, 2.45) is 17.6 Å². The van der Waals surface area contributed by atoms with Gasteiger partial charge in [-0.25, -0.2) is 4.68 Å². The number of fused-ring (bicyclic) bond motifs is 2. The fourth-order valence-corrected chi connectivity index (χ4v) is 5.84. The lowest BCUT2D eigenvalue weighted by atomic mass is 9.95.